The summed E-state index contributed by atoms with van der Waals surface area (Å²) in [6.07, 6.45) is 1.84. The Morgan fingerprint density at radius 3 is 2.03 bits per heavy atom. The van der Waals surface area contributed by atoms with Gasteiger partial charge in [-0.1, -0.05) is 0 Å². The lowest BCUT2D eigenvalue weighted by Gasteiger charge is -2.35. The second kappa shape index (κ2) is 7.89. The molecule has 1 amide bonds. The smallest absolute Gasteiger partial charge is 0.282 e. The van der Waals surface area contributed by atoms with Crippen LogP contribution in [0.15, 0.2) is 30.3 Å². The molecule has 2 aromatic rings. The third kappa shape index (κ3) is 3.94. The molecule has 2 aliphatic rings. The minimum atomic E-state index is -3.39. The first kappa shape index (κ1) is 20.1. The predicted octanol–water partition coefficient (Wildman–Crippen LogP) is 1.59. The number of hydrogen-bond acceptors (Lipinski definition) is 4. The van der Waals surface area contributed by atoms with Crippen LogP contribution in [0.4, 0.5) is 0 Å². The molecule has 0 unspecified atom stereocenters. The Morgan fingerprint density at radius 2 is 1.48 bits per heavy atom. The number of aryl methyl sites for hydroxylation is 2. The summed E-state index contributed by atoms with van der Waals surface area (Å²) in [5.41, 5.74) is 3.50. The molecule has 9 heteroatoms. The largest absolute Gasteiger partial charge is 0.336 e. The SMILES string of the molecule is Cc1cc(C)n(-c2ccc(C(=O)N3CCN(S(=O)(=O)N4CCCC4)CC3)cc2)n1. The third-order valence-electron chi connectivity index (χ3n) is 5.61. The Kier molecular flexibility index (Phi) is 5.46. The van der Waals surface area contributed by atoms with Crippen molar-refractivity contribution in [3.63, 3.8) is 0 Å². The molecule has 0 radical (unpaired) electrons. The van der Waals surface area contributed by atoms with Crippen LogP contribution >= 0.6 is 0 Å². The van der Waals surface area contributed by atoms with Crippen molar-refractivity contribution in [2.75, 3.05) is 39.3 Å². The second-order valence-electron chi connectivity index (χ2n) is 7.69. The Morgan fingerprint density at radius 1 is 0.897 bits per heavy atom. The molecule has 156 valence electrons. The van der Waals surface area contributed by atoms with Crippen molar-refractivity contribution in [3.8, 4) is 5.69 Å². The minimum absolute atomic E-state index is 0.0665. The third-order valence-corrected chi connectivity index (χ3v) is 7.65. The highest BCUT2D eigenvalue weighted by atomic mass is 32.2. The second-order valence-corrected chi connectivity index (χ2v) is 9.62. The van der Waals surface area contributed by atoms with Crippen LogP contribution < -0.4 is 0 Å². The summed E-state index contributed by atoms with van der Waals surface area (Å²) in [5.74, 6) is -0.0665. The van der Waals surface area contributed by atoms with Gasteiger partial charge in [-0.05, 0) is 57.0 Å². The Labute approximate surface area is 171 Å². The highest BCUT2D eigenvalue weighted by molar-refractivity contribution is 7.86. The Hall–Kier alpha value is -2.23. The first-order chi connectivity index (χ1) is 13.9. The average molecular weight is 418 g/mol. The molecule has 0 spiro atoms. The Balaban J connectivity index is 1.40. The van der Waals surface area contributed by atoms with Gasteiger partial charge in [-0.15, -0.1) is 0 Å². The number of hydrogen-bond donors (Lipinski definition) is 0. The molecule has 1 aromatic carbocycles. The number of carbonyl (C=O) groups excluding carboxylic acids is 1. The van der Waals surface area contributed by atoms with Gasteiger partial charge in [-0.3, -0.25) is 4.79 Å². The van der Waals surface area contributed by atoms with E-state index in [0.29, 0.717) is 44.8 Å². The summed E-state index contributed by atoms with van der Waals surface area (Å²) in [6.45, 7) is 6.64. The molecule has 0 N–H and O–H groups in total. The maximum absolute atomic E-state index is 12.9. The molecule has 4 rings (SSSR count). The van der Waals surface area contributed by atoms with Gasteiger partial charge in [0.1, 0.15) is 0 Å². The van der Waals surface area contributed by atoms with Gasteiger partial charge in [0.15, 0.2) is 0 Å². The maximum atomic E-state index is 12.9. The van der Waals surface area contributed by atoms with Gasteiger partial charge in [-0.25, -0.2) is 4.68 Å². The van der Waals surface area contributed by atoms with Gasteiger partial charge in [0.2, 0.25) is 0 Å². The van der Waals surface area contributed by atoms with E-state index in [1.54, 1.807) is 9.21 Å². The van der Waals surface area contributed by atoms with Crippen LogP contribution in [-0.4, -0.2) is 76.9 Å². The van der Waals surface area contributed by atoms with Gasteiger partial charge in [0.05, 0.1) is 11.4 Å². The molecule has 1 aromatic heterocycles. The van der Waals surface area contributed by atoms with Crippen molar-refractivity contribution in [2.24, 2.45) is 0 Å². The number of benzene rings is 1. The van der Waals surface area contributed by atoms with Crippen LogP contribution in [0.25, 0.3) is 5.69 Å². The summed E-state index contributed by atoms with van der Waals surface area (Å²) < 4.78 is 30.3. The lowest BCUT2D eigenvalue weighted by molar-refractivity contribution is 0.0694. The van der Waals surface area contributed by atoms with Crippen molar-refractivity contribution in [1.82, 2.24) is 23.3 Å². The summed E-state index contributed by atoms with van der Waals surface area (Å²) in [6, 6.07) is 9.40. The summed E-state index contributed by atoms with van der Waals surface area (Å²) in [4.78, 5) is 14.6. The fraction of sp³-hybridized carbons (Fsp3) is 0.500. The van der Waals surface area contributed by atoms with E-state index in [-0.39, 0.29) is 5.91 Å². The zero-order valence-electron chi connectivity index (χ0n) is 16.9. The molecule has 0 bridgehead atoms. The Bertz CT molecular complexity index is 986. The fourth-order valence-electron chi connectivity index (χ4n) is 4.02. The molecule has 29 heavy (non-hydrogen) atoms. The lowest BCUT2D eigenvalue weighted by Crippen LogP contribution is -2.53. The quantitative estimate of drug-likeness (QED) is 0.757. The van der Waals surface area contributed by atoms with Crippen molar-refractivity contribution in [1.29, 1.82) is 0 Å². The number of aromatic nitrogens is 2. The lowest BCUT2D eigenvalue weighted by atomic mass is 10.1. The first-order valence-electron chi connectivity index (χ1n) is 10.0. The molecule has 2 fully saturated rings. The predicted molar refractivity (Wildman–Crippen MR) is 110 cm³/mol. The van der Waals surface area contributed by atoms with Crippen LogP contribution in [-0.2, 0) is 10.2 Å². The zero-order valence-corrected chi connectivity index (χ0v) is 17.7. The van der Waals surface area contributed by atoms with Gasteiger partial charge in [-0.2, -0.15) is 22.1 Å². The van der Waals surface area contributed by atoms with Crippen molar-refractivity contribution < 1.29 is 13.2 Å². The molecule has 0 aliphatic carbocycles. The van der Waals surface area contributed by atoms with E-state index in [1.807, 2.05) is 48.9 Å². The standard InChI is InChI=1S/C20H27N5O3S/c1-16-15-17(2)25(21-16)19-7-5-18(6-8-19)20(26)22-11-13-24(14-12-22)29(27,28)23-9-3-4-10-23/h5-8,15H,3-4,9-14H2,1-2H3. The number of amides is 1. The van der Waals surface area contributed by atoms with E-state index < -0.39 is 10.2 Å². The van der Waals surface area contributed by atoms with Crippen LogP contribution in [0.2, 0.25) is 0 Å². The topological polar surface area (TPSA) is 78.8 Å². The van der Waals surface area contributed by atoms with Crippen molar-refractivity contribution >= 4 is 16.1 Å². The number of piperazine rings is 1. The van der Waals surface area contributed by atoms with Gasteiger partial charge >= 0.3 is 0 Å². The van der Waals surface area contributed by atoms with E-state index in [9.17, 15) is 13.2 Å². The first-order valence-corrected chi connectivity index (χ1v) is 11.4. The van der Waals surface area contributed by atoms with Crippen LogP contribution in [0.1, 0.15) is 34.6 Å². The van der Waals surface area contributed by atoms with Crippen LogP contribution in [0.5, 0.6) is 0 Å². The maximum Gasteiger partial charge on any atom is 0.282 e. The van der Waals surface area contributed by atoms with Crippen LogP contribution in [0, 0.1) is 13.8 Å². The molecular formula is C20H27N5O3S. The van der Waals surface area contributed by atoms with E-state index in [2.05, 4.69) is 5.10 Å². The van der Waals surface area contributed by atoms with Crippen molar-refractivity contribution in [2.45, 2.75) is 26.7 Å². The van der Waals surface area contributed by atoms with Crippen LogP contribution in [0.3, 0.4) is 0 Å². The molecule has 0 saturated carbocycles. The van der Waals surface area contributed by atoms with E-state index in [4.69, 9.17) is 0 Å². The van der Waals surface area contributed by atoms with Gasteiger partial charge in [0, 0.05) is 50.5 Å². The highest BCUT2D eigenvalue weighted by Crippen LogP contribution is 2.19. The molecule has 2 aliphatic heterocycles. The van der Waals surface area contributed by atoms with E-state index >= 15 is 0 Å². The van der Waals surface area contributed by atoms with E-state index in [1.165, 1.54) is 4.31 Å². The molecule has 3 heterocycles. The molecule has 0 atom stereocenters. The normalized spacial score (nSPS) is 19.0. The minimum Gasteiger partial charge on any atom is -0.336 e. The van der Waals surface area contributed by atoms with Gasteiger partial charge in [0.25, 0.3) is 16.1 Å². The highest BCUT2D eigenvalue weighted by Gasteiger charge is 2.34. The number of carbonyl (C=O) groups is 1. The summed E-state index contributed by atoms with van der Waals surface area (Å²) >= 11 is 0. The van der Waals surface area contributed by atoms with Gasteiger partial charge < -0.3 is 4.90 Å². The zero-order chi connectivity index (χ0) is 20.6. The van der Waals surface area contributed by atoms with E-state index in [0.717, 1.165) is 29.9 Å². The average Bonchev–Trinajstić information content (AvgIpc) is 3.38. The van der Waals surface area contributed by atoms with Crippen molar-refractivity contribution in [3.05, 3.63) is 47.3 Å². The summed E-state index contributed by atoms with van der Waals surface area (Å²) in [7, 11) is -3.39. The fourth-order valence-corrected chi connectivity index (χ4v) is 5.69. The summed E-state index contributed by atoms with van der Waals surface area (Å²) in [5, 5.41) is 4.46. The monoisotopic (exact) mass is 417 g/mol. The molecule has 8 nitrogen and oxygen atoms in total. The number of nitrogens with zero attached hydrogens (tertiary/aromatic N) is 5. The molecule has 2 saturated heterocycles. The molecular weight excluding hydrogens is 390 g/mol. The number of rotatable bonds is 4.